The van der Waals surface area contributed by atoms with Crippen LogP contribution in [0.3, 0.4) is 0 Å². The minimum absolute atomic E-state index is 0.252. The molecule has 1 atom stereocenters. The van der Waals surface area contributed by atoms with Gasteiger partial charge in [-0.2, -0.15) is 0 Å². The van der Waals surface area contributed by atoms with Gasteiger partial charge in [0.25, 0.3) is 5.91 Å². The summed E-state index contributed by atoms with van der Waals surface area (Å²) in [5.41, 5.74) is 2.02. The van der Waals surface area contributed by atoms with Gasteiger partial charge in [-0.25, -0.2) is 4.98 Å². The average molecular weight is 422 g/mol. The quantitative estimate of drug-likeness (QED) is 0.565. The summed E-state index contributed by atoms with van der Waals surface area (Å²) in [4.78, 5) is 17.7. The predicted octanol–water partition coefficient (Wildman–Crippen LogP) is 4.74. The van der Waals surface area contributed by atoms with Crippen LogP contribution in [0.25, 0.3) is 11.5 Å². The zero-order valence-corrected chi connectivity index (χ0v) is 18.1. The fraction of sp³-hybridized carbons (Fsp3) is 0.333. The number of carbonyl (C=O) groups excluding carboxylic acids is 1. The Balaban J connectivity index is 1.61. The molecule has 1 saturated carbocycles. The van der Waals surface area contributed by atoms with Crippen LogP contribution in [0.2, 0.25) is 0 Å². The summed E-state index contributed by atoms with van der Waals surface area (Å²) in [6.45, 7) is 1.90. The third-order valence-electron chi connectivity index (χ3n) is 5.37. The van der Waals surface area contributed by atoms with Crippen LogP contribution in [0, 0.1) is 0 Å². The lowest BCUT2D eigenvalue weighted by molar-refractivity contribution is 0.0933. The lowest BCUT2D eigenvalue weighted by Gasteiger charge is -2.18. The summed E-state index contributed by atoms with van der Waals surface area (Å²) >= 11 is 0. The minimum atomic E-state index is -0.315. The fourth-order valence-electron chi connectivity index (χ4n) is 3.52. The second-order valence-corrected chi connectivity index (χ2v) is 7.53. The molecule has 0 spiro atoms. The highest BCUT2D eigenvalue weighted by Gasteiger charge is 2.34. The second-order valence-electron chi connectivity index (χ2n) is 7.53. The van der Waals surface area contributed by atoms with Gasteiger partial charge in [-0.05, 0) is 49.6 Å². The number of nitrogens with zero attached hydrogens (tertiary/aromatic N) is 1. The molecule has 1 N–H and O–H groups in total. The van der Waals surface area contributed by atoms with Crippen LogP contribution in [0.15, 0.2) is 46.9 Å². The van der Waals surface area contributed by atoms with Crippen molar-refractivity contribution in [1.82, 2.24) is 10.3 Å². The van der Waals surface area contributed by atoms with E-state index in [1.165, 1.54) is 0 Å². The van der Waals surface area contributed by atoms with Crippen LogP contribution < -0.4 is 19.5 Å². The number of rotatable bonds is 8. The van der Waals surface area contributed by atoms with Crippen molar-refractivity contribution in [1.29, 1.82) is 0 Å². The lowest BCUT2D eigenvalue weighted by atomic mass is 10.1. The first-order valence-electron chi connectivity index (χ1n) is 10.2. The Bertz CT molecular complexity index is 1050. The van der Waals surface area contributed by atoms with E-state index in [1.807, 2.05) is 49.4 Å². The average Bonchev–Trinajstić information content (AvgIpc) is 3.56. The highest BCUT2D eigenvalue weighted by Crippen LogP contribution is 2.43. The molecule has 1 aliphatic rings. The molecule has 7 nitrogen and oxygen atoms in total. The van der Waals surface area contributed by atoms with Crippen molar-refractivity contribution in [3.63, 3.8) is 0 Å². The van der Waals surface area contributed by atoms with Gasteiger partial charge in [-0.3, -0.25) is 4.79 Å². The first-order chi connectivity index (χ1) is 15.0. The zero-order chi connectivity index (χ0) is 22.0. The molecule has 1 aromatic heterocycles. The molecule has 1 unspecified atom stereocenters. The molecule has 0 saturated heterocycles. The molecule has 1 heterocycles. The van der Waals surface area contributed by atoms with E-state index < -0.39 is 0 Å². The third kappa shape index (κ3) is 4.21. The molecule has 4 rings (SSSR count). The molecule has 0 aliphatic heterocycles. The van der Waals surface area contributed by atoms with E-state index in [2.05, 4.69) is 10.3 Å². The van der Waals surface area contributed by atoms with Gasteiger partial charge in [0.05, 0.1) is 27.4 Å². The van der Waals surface area contributed by atoms with Gasteiger partial charge in [-0.1, -0.05) is 18.2 Å². The van der Waals surface area contributed by atoms with Gasteiger partial charge >= 0.3 is 0 Å². The van der Waals surface area contributed by atoms with Crippen LogP contribution in [0.5, 0.6) is 17.2 Å². The highest BCUT2D eigenvalue weighted by atomic mass is 16.5. The molecule has 31 heavy (non-hydrogen) atoms. The van der Waals surface area contributed by atoms with Crippen molar-refractivity contribution in [2.24, 2.45) is 0 Å². The predicted molar refractivity (Wildman–Crippen MR) is 116 cm³/mol. The molecule has 3 aromatic rings. The topological polar surface area (TPSA) is 82.8 Å². The number of hydrogen-bond donors (Lipinski definition) is 1. The number of hydrogen-bond acceptors (Lipinski definition) is 6. The summed E-state index contributed by atoms with van der Waals surface area (Å²) in [5, 5.41) is 3.03. The van der Waals surface area contributed by atoms with E-state index in [9.17, 15) is 4.79 Å². The Morgan fingerprint density at radius 2 is 1.71 bits per heavy atom. The molecule has 1 fully saturated rings. The van der Waals surface area contributed by atoms with Crippen molar-refractivity contribution >= 4 is 5.91 Å². The monoisotopic (exact) mass is 422 g/mol. The van der Waals surface area contributed by atoms with Crippen LogP contribution in [-0.4, -0.2) is 32.2 Å². The standard InChI is InChI=1S/C24H26N2O5/c1-14(17-12-18(28-2)22(30-4)19(13-17)29-3)25-23(27)20-21(15-10-11-15)31-24(26-20)16-8-6-5-7-9-16/h5-9,12-15H,10-11H2,1-4H3,(H,25,27). The van der Waals surface area contributed by atoms with Gasteiger partial charge in [-0.15, -0.1) is 0 Å². The molecular weight excluding hydrogens is 396 g/mol. The summed E-state index contributed by atoms with van der Waals surface area (Å²) in [5.74, 6) is 2.68. The number of carbonyl (C=O) groups is 1. The van der Waals surface area contributed by atoms with Crippen molar-refractivity contribution in [3.05, 3.63) is 59.5 Å². The molecule has 1 aliphatic carbocycles. The summed E-state index contributed by atoms with van der Waals surface area (Å²) < 4.78 is 22.2. The normalized spacial score (nSPS) is 14.1. The van der Waals surface area contributed by atoms with E-state index in [-0.39, 0.29) is 17.9 Å². The van der Waals surface area contributed by atoms with Crippen molar-refractivity contribution in [2.75, 3.05) is 21.3 Å². The third-order valence-corrected chi connectivity index (χ3v) is 5.37. The minimum Gasteiger partial charge on any atom is -0.493 e. The number of aromatic nitrogens is 1. The van der Waals surface area contributed by atoms with E-state index in [1.54, 1.807) is 21.3 Å². The Kier molecular flexibility index (Phi) is 5.84. The number of oxazole rings is 1. The first-order valence-corrected chi connectivity index (χ1v) is 10.2. The van der Waals surface area contributed by atoms with Crippen LogP contribution in [-0.2, 0) is 0 Å². The molecule has 162 valence electrons. The number of nitrogens with one attached hydrogen (secondary N) is 1. The molecule has 7 heteroatoms. The maximum absolute atomic E-state index is 13.1. The van der Waals surface area contributed by atoms with Crippen LogP contribution in [0.1, 0.15) is 53.5 Å². The van der Waals surface area contributed by atoms with Crippen LogP contribution >= 0.6 is 0 Å². The Labute approximate surface area is 181 Å². The number of benzene rings is 2. The van der Waals surface area contributed by atoms with Gasteiger partial charge in [0.2, 0.25) is 11.6 Å². The van der Waals surface area contributed by atoms with Gasteiger partial charge in [0, 0.05) is 11.5 Å². The highest BCUT2D eigenvalue weighted by molar-refractivity contribution is 5.94. The second kappa shape index (κ2) is 8.71. The largest absolute Gasteiger partial charge is 0.493 e. The Hall–Kier alpha value is -3.48. The van der Waals surface area contributed by atoms with Crippen molar-refractivity contribution < 1.29 is 23.4 Å². The Morgan fingerprint density at radius 3 is 2.26 bits per heavy atom. The van der Waals surface area contributed by atoms with Crippen LogP contribution in [0.4, 0.5) is 0 Å². The molecule has 0 bridgehead atoms. The van der Waals surface area contributed by atoms with Crippen molar-refractivity contribution in [3.8, 4) is 28.7 Å². The zero-order valence-electron chi connectivity index (χ0n) is 18.1. The number of methoxy groups -OCH3 is 3. The molecule has 1 amide bonds. The SMILES string of the molecule is COc1cc(C(C)NC(=O)c2nc(-c3ccccc3)oc2C2CC2)cc(OC)c1OC. The van der Waals surface area contributed by atoms with Gasteiger partial charge < -0.3 is 23.9 Å². The Morgan fingerprint density at radius 1 is 1.06 bits per heavy atom. The van der Waals surface area contributed by atoms with Gasteiger partial charge in [0.15, 0.2) is 17.2 Å². The fourth-order valence-corrected chi connectivity index (χ4v) is 3.52. The molecule has 2 aromatic carbocycles. The maximum Gasteiger partial charge on any atom is 0.274 e. The van der Waals surface area contributed by atoms with E-state index in [0.717, 1.165) is 24.0 Å². The molecule has 0 radical (unpaired) electrons. The summed E-state index contributed by atoms with van der Waals surface area (Å²) in [7, 11) is 4.68. The molecular formula is C24H26N2O5. The van der Waals surface area contributed by atoms with Gasteiger partial charge in [0.1, 0.15) is 5.76 Å². The number of amides is 1. The van der Waals surface area contributed by atoms with E-state index >= 15 is 0 Å². The smallest absolute Gasteiger partial charge is 0.274 e. The lowest BCUT2D eigenvalue weighted by Crippen LogP contribution is -2.27. The maximum atomic E-state index is 13.1. The summed E-state index contributed by atoms with van der Waals surface area (Å²) in [6.07, 6.45) is 2.01. The number of ether oxygens (including phenoxy) is 3. The van der Waals surface area contributed by atoms with E-state index in [0.29, 0.717) is 34.6 Å². The van der Waals surface area contributed by atoms with Crippen molar-refractivity contribution in [2.45, 2.75) is 31.7 Å². The first kappa shape index (κ1) is 20.8. The van der Waals surface area contributed by atoms with E-state index in [4.69, 9.17) is 18.6 Å². The summed E-state index contributed by atoms with van der Waals surface area (Å²) in [6, 6.07) is 12.9.